The summed E-state index contributed by atoms with van der Waals surface area (Å²) in [4.78, 5) is 39.4. The Morgan fingerprint density at radius 2 is 1.73 bits per heavy atom. The van der Waals surface area contributed by atoms with Crippen molar-refractivity contribution >= 4 is 17.9 Å². The van der Waals surface area contributed by atoms with Crippen LogP contribution in [-0.4, -0.2) is 47.5 Å². The smallest absolute Gasteiger partial charge is 0.408 e. The van der Waals surface area contributed by atoms with Gasteiger partial charge in [-0.3, -0.25) is 9.59 Å². The highest BCUT2D eigenvalue weighted by Crippen LogP contribution is 2.21. The van der Waals surface area contributed by atoms with E-state index in [-0.39, 0.29) is 24.5 Å². The molecule has 1 saturated heterocycles. The lowest BCUT2D eigenvalue weighted by Crippen LogP contribution is -2.53. The second-order valence-corrected chi connectivity index (χ2v) is 8.31. The molecule has 1 aromatic rings. The minimum atomic E-state index is -0.750. The van der Waals surface area contributed by atoms with Crippen LogP contribution in [0.3, 0.4) is 0 Å². The average Bonchev–Trinajstić information content (AvgIpc) is 3.11. The van der Waals surface area contributed by atoms with Crippen molar-refractivity contribution in [1.82, 2.24) is 15.5 Å². The molecular formula is C23H33N3O4. The number of ether oxygens (including phenoxy) is 1. The SMILES string of the molecule is C[C@H](NC(=O)OCc1ccccc1)C(=O)N1CCC[C@H]1C(=O)NC1CCCCCC1. The third-order valence-electron chi connectivity index (χ3n) is 5.96. The molecule has 3 amide bonds. The van der Waals surface area contributed by atoms with E-state index in [1.54, 1.807) is 11.8 Å². The fourth-order valence-electron chi connectivity index (χ4n) is 4.28. The van der Waals surface area contributed by atoms with Crippen LogP contribution in [0.1, 0.15) is 63.9 Å². The lowest BCUT2D eigenvalue weighted by Gasteiger charge is -2.28. The molecule has 2 atom stereocenters. The predicted octanol–water partition coefficient (Wildman–Crippen LogP) is 3.13. The average molecular weight is 416 g/mol. The maximum atomic E-state index is 12.9. The molecule has 0 spiro atoms. The molecule has 164 valence electrons. The van der Waals surface area contributed by atoms with E-state index in [0.717, 1.165) is 37.7 Å². The minimum Gasteiger partial charge on any atom is -0.445 e. The van der Waals surface area contributed by atoms with E-state index in [1.807, 2.05) is 30.3 Å². The van der Waals surface area contributed by atoms with Gasteiger partial charge < -0.3 is 20.3 Å². The fraction of sp³-hybridized carbons (Fsp3) is 0.609. The molecule has 0 radical (unpaired) electrons. The van der Waals surface area contributed by atoms with Crippen molar-refractivity contribution in [3.8, 4) is 0 Å². The van der Waals surface area contributed by atoms with Gasteiger partial charge in [0.1, 0.15) is 18.7 Å². The monoisotopic (exact) mass is 415 g/mol. The Labute approximate surface area is 178 Å². The summed E-state index contributed by atoms with van der Waals surface area (Å²) in [5.41, 5.74) is 0.876. The first kappa shape index (κ1) is 22.1. The second-order valence-electron chi connectivity index (χ2n) is 8.31. The number of rotatable bonds is 6. The zero-order valence-electron chi connectivity index (χ0n) is 17.8. The van der Waals surface area contributed by atoms with E-state index in [9.17, 15) is 14.4 Å². The highest BCUT2D eigenvalue weighted by atomic mass is 16.5. The third-order valence-corrected chi connectivity index (χ3v) is 5.96. The maximum Gasteiger partial charge on any atom is 0.408 e. The van der Waals surface area contributed by atoms with Gasteiger partial charge in [0.15, 0.2) is 0 Å². The van der Waals surface area contributed by atoms with Gasteiger partial charge in [0.05, 0.1) is 0 Å². The number of alkyl carbamates (subject to hydrolysis) is 1. The number of nitrogens with zero attached hydrogens (tertiary/aromatic N) is 1. The van der Waals surface area contributed by atoms with E-state index >= 15 is 0 Å². The van der Waals surface area contributed by atoms with Crippen molar-refractivity contribution in [3.63, 3.8) is 0 Å². The van der Waals surface area contributed by atoms with Crippen LogP contribution < -0.4 is 10.6 Å². The Morgan fingerprint density at radius 1 is 1.03 bits per heavy atom. The number of amides is 3. The summed E-state index contributed by atoms with van der Waals surface area (Å²) in [7, 11) is 0. The predicted molar refractivity (Wildman–Crippen MR) is 114 cm³/mol. The van der Waals surface area contributed by atoms with Gasteiger partial charge in [-0.05, 0) is 38.2 Å². The molecule has 1 aliphatic carbocycles. The topological polar surface area (TPSA) is 87.7 Å². The first-order valence-electron chi connectivity index (χ1n) is 11.1. The lowest BCUT2D eigenvalue weighted by atomic mass is 10.1. The Balaban J connectivity index is 1.48. The zero-order valence-corrected chi connectivity index (χ0v) is 17.8. The van der Waals surface area contributed by atoms with Crippen LogP contribution in [-0.2, 0) is 20.9 Å². The molecule has 7 nitrogen and oxygen atoms in total. The quantitative estimate of drug-likeness (QED) is 0.699. The van der Waals surface area contributed by atoms with E-state index in [4.69, 9.17) is 4.74 Å². The Kier molecular flexibility index (Phi) is 8.11. The van der Waals surface area contributed by atoms with Gasteiger partial charge in [0.25, 0.3) is 0 Å². The number of hydrogen-bond donors (Lipinski definition) is 2. The normalized spacial score (nSPS) is 20.8. The van der Waals surface area contributed by atoms with Crippen LogP contribution in [0.5, 0.6) is 0 Å². The summed E-state index contributed by atoms with van der Waals surface area (Å²) in [6.07, 6.45) is 7.57. The molecule has 1 aromatic carbocycles. The van der Waals surface area contributed by atoms with Crippen LogP contribution >= 0.6 is 0 Å². The van der Waals surface area contributed by atoms with E-state index in [1.165, 1.54) is 12.8 Å². The number of nitrogens with one attached hydrogen (secondary N) is 2. The first-order valence-corrected chi connectivity index (χ1v) is 11.1. The van der Waals surface area contributed by atoms with Crippen LogP contribution in [0.4, 0.5) is 4.79 Å². The van der Waals surface area contributed by atoms with E-state index < -0.39 is 18.2 Å². The maximum absolute atomic E-state index is 12.9. The largest absolute Gasteiger partial charge is 0.445 e. The van der Waals surface area contributed by atoms with Crippen LogP contribution in [0.2, 0.25) is 0 Å². The highest BCUT2D eigenvalue weighted by Gasteiger charge is 2.37. The van der Waals surface area contributed by atoms with Crippen molar-refractivity contribution in [2.45, 2.75) is 83.0 Å². The number of benzene rings is 1. The fourth-order valence-corrected chi connectivity index (χ4v) is 4.28. The van der Waals surface area contributed by atoms with Crippen molar-refractivity contribution in [2.75, 3.05) is 6.54 Å². The molecule has 7 heteroatoms. The summed E-state index contributed by atoms with van der Waals surface area (Å²) in [6, 6.07) is 8.37. The highest BCUT2D eigenvalue weighted by molar-refractivity contribution is 5.91. The summed E-state index contributed by atoms with van der Waals surface area (Å²) in [5.74, 6) is -0.309. The van der Waals surface area contributed by atoms with Crippen molar-refractivity contribution in [1.29, 1.82) is 0 Å². The summed E-state index contributed by atoms with van der Waals surface area (Å²) in [5, 5.41) is 5.75. The minimum absolute atomic E-state index is 0.0633. The van der Waals surface area contributed by atoms with Gasteiger partial charge in [0.2, 0.25) is 11.8 Å². The van der Waals surface area contributed by atoms with Gasteiger partial charge >= 0.3 is 6.09 Å². The van der Waals surface area contributed by atoms with Crippen LogP contribution in [0, 0.1) is 0 Å². The third kappa shape index (κ3) is 6.21. The zero-order chi connectivity index (χ0) is 21.3. The summed E-state index contributed by atoms with van der Waals surface area (Å²) >= 11 is 0. The molecule has 1 aliphatic heterocycles. The van der Waals surface area contributed by atoms with Gasteiger partial charge in [-0.1, -0.05) is 56.0 Å². The van der Waals surface area contributed by atoms with Gasteiger partial charge in [0, 0.05) is 12.6 Å². The first-order chi connectivity index (χ1) is 14.5. The molecule has 0 aromatic heterocycles. The summed E-state index contributed by atoms with van der Waals surface area (Å²) < 4.78 is 5.20. The molecule has 0 unspecified atom stereocenters. The Bertz CT molecular complexity index is 716. The standard InChI is InChI=1S/C23H33N3O4/c1-17(24-23(29)30-16-18-10-5-4-6-11-18)22(28)26-15-9-14-20(26)21(27)25-19-12-7-2-3-8-13-19/h4-6,10-11,17,19-20H,2-3,7-9,12-16H2,1H3,(H,24,29)(H,25,27)/t17-,20-/m0/s1. The van der Waals surface area contributed by atoms with Crippen molar-refractivity contribution in [3.05, 3.63) is 35.9 Å². The van der Waals surface area contributed by atoms with Crippen molar-refractivity contribution < 1.29 is 19.1 Å². The molecule has 30 heavy (non-hydrogen) atoms. The van der Waals surface area contributed by atoms with Crippen LogP contribution in [0.25, 0.3) is 0 Å². The Hall–Kier alpha value is -2.57. The summed E-state index contributed by atoms with van der Waals surface area (Å²) in [6.45, 7) is 2.31. The molecule has 0 bridgehead atoms. The van der Waals surface area contributed by atoms with E-state index in [0.29, 0.717) is 13.0 Å². The Morgan fingerprint density at radius 3 is 2.43 bits per heavy atom. The second kappa shape index (κ2) is 11.0. The van der Waals surface area contributed by atoms with Gasteiger partial charge in [-0.2, -0.15) is 0 Å². The molecule has 3 rings (SSSR count). The van der Waals surface area contributed by atoms with Gasteiger partial charge in [-0.15, -0.1) is 0 Å². The number of hydrogen-bond acceptors (Lipinski definition) is 4. The number of likely N-dealkylation sites (tertiary alicyclic amines) is 1. The molecule has 2 N–H and O–H groups in total. The molecular weight excluding hydrogens is 382 g/mol. The molecule has 1 saturated carbocycles. The number of carbonyl (C=O) groups excluding carboxylic acids is 3. The lowest BCUT2D eigenvalue weighted by molar-refractivity contribution is -0.139. The van der Waals surface area contributed by atoms with E-state index in [2.05, 4.69) is 10.6 Å². The van der Waals surface area contributed by atoms with Crippen LogP contribution in [0.15, 0.2) is 30.3 Å². The molecule has 1 heterocycles. The van der Waals surface area contributed by atoms with Gasteiger partial charge in [-0.25, -0.2) is 4.79 Å². The molecule has 2 fully saturated rings. The number of carbonyl (C=O) groups is 3. The van der Waals surface area contributed by atoms with Crippen molar-refractivity contribution in [2.24, 2.45) is 0 Å². The molecule has 2 aliphatic rings.